The fourth-order valence-electron chi connectivity index (χ4n) is 7.21. The zero-order valence-corrected chi connectivity index (χ0v) is 31.9. The second-order valence-electron chi connectivity index (χ2n) is 13.9. The van der Waals surface area contributed by atoms with Gasteiger partial charge in [-0.15, -0.1) is 0 Å². The summed E-state index contributed by atoms with van der Waals surface area (Å²) in [5.74, 6) is -0.428. The molecule has 1 N–H and O–H groups in total. The lowest BCUT2D eigenvalue weighted by atomic mass is 10.0. The number of allylic oxidation sites excluding steroid dienone is 1. The molecule has 11 nitrogen and oxygen atoms in total. The Kier molecular flexibility index (Phi) is 13.8. The van der Waals surface area contributed by atoms with Crippen LogP contribution in [0, 0.1) is 5.92 Å². The van der Waals surface area contributed by atoms with Crippen molar-refractivity contribution in [3.63, 3.8) is 0 Å². The number of carbonyl (C=O) groups excluding carboxylic acids is 2. The van der Waals surface area contributed by atoms with Crippen molar-refractivity contribution in [2.24, 2.45) is 5.92 Å². The van der Waals surface area contributed by atoms with Gasteiger partial charge in [0.15, 0.2) is 0 Å². The van der Waals surface area contributed by atoms with Crippen molar-refractivity contribution in [1.82, 2.24) is 14.5 Å². The Balaban J connectivity index is 1.57. The van der Waals surface area contributed by atoms with E-state index in [4.69, 9.17) is 25.8 Å². The maximum absolute atomic E-state index is 14.4. The molecule has 4 atom stereocenters. The van der Waals surface area contributed by atoms with Crippen molar-refractivity contribution in [1.29, 1.82) is 0 Å². The van der Waals surface area contributed by atoms with Crippen molar-refractivity contribution in [3.05, 3.63) is 70.3 Å². The van der Waals surface area contributed by atoms with Crippen LogP contribution in [0.2, 0.25) is 5.02 Å². The van der Waals surface area contributed by atoms with Crippen molar-refractivity contribution < 1.29 is 32.2 Å². The number of halogens is 1. The third-order valence-electron chi connectivity index (χ3n) is 10.5. The van der Waals surface area contributed by atoms with Crippen molar-refractivity contribution in [2.45, 2.75) is 76.3 Å². The minimum atomic E-state index is -4.02. The summed E-state index contributed by atoms with van der Waals surface area (Å²) in [6.45, 7) is 7.46. The molecule has 2 aromatic rings. The molecule has 13 heteroatoms. The number of methoxy groups -OCH3 is 2. The molecule has 5 rings (SSSR count). The summed E-state index contributed by atoms with van der Waals surface area (Å²) >= 11 is 6.37. The van der Waals surface area contributed by atoms with Gasteiger partial charge in [-0.2, -0.15) is 0 Å². The predicted octanol–water partition coefficient (Wildman–Crippen LogP) is 5.06. The van der Waals surface area contributed by atoms with Crippen LogP contribution in [-0.4, -0.2) is 108 Å². The number of fused-ring (bicyclic) bond motifs is 3. The standard InChI is InChI=1S/C38H53ClN4O7S/c1-27-9-7-12-34(38(45)41(19-21-48-3)20-22-49-4)43-18-8-11-33(43)25-42-17-6-5-10-29-23-32(39)15-13-31(29)26-50-36-16-14-30(24-35(36)42)37(44)40-51(46,47)28(27)2/h7,12-16,23-24,27-28,33-34H,5-6,8-11,17-22,25-26H2,1-4H3,(H,40,44)/b12-7+/t27-,28+,33-,34+/m0/s1. The highest BCUT2D eigenvalue weighted by atomic mass is 35.5. The Morgan fingerprint density at radius 2 is 1.78 bits per heavy atom. The van der Waals surface area contributed by atoms with E-state index in [0.29, 0.717) is 63.2 Å². The van der Waals surface area contributed by atoms with E-state index in [-0.39, 0.29) is 23.4 Å². The normalized spacial score (nSPS) is 25.0. The zero-order valence-electron chi connectivity index (χ0n) is 30.3. The molecule has 1 fully saturated rings. The van der Waals surface area contributed by atoms with E-state index in [0.717, 1.165) is 55.5 Å². The monoisotopic (exact) mass is 744 g/mol. The largest absolute Gasteiger partial charge is 0.487 e. The summed E-state index contributed by atoms with van der Waals surface area (Å²) in [5.41, 5.74) is 3.15. The second-order valence-corrected chi connectivity index (χ2v) is 16.4. The lowest BCUT2D eigenvalue weighted by Crippen LogP contribution is -2.53. The number of amides is 2. The Morgan fingerprint density at radius 3 is 2.53 bits per heavy atom. The van der Waals surface area contributed by atoms with Crippen LogP contribution in [0.4, 0.5) is 5.69 Å². The molecule has 0 aliphatic carbocycles. The Labute approximate surface area is 308 Å². The van der Waals surface area contributed by atoms with Gasteiger partial charge in [-0.1, -0.05) is 36.7 Å². The zero-order chi connectivity index (χ0) is 36.5. The minimum Gasteiger partial charge on any atom is -0.487 e. The van der Waals surface area contributed by atoms with Gasteiger partial charge in [-0.25, -0.2) is 13.1 Å². The minimum absolute atomic E-state index is 0.0335. The summed E-state index contributed by atoms with van der Waals surface area (Å²) in [7, 11) is -0.772. The first-order valence-corrected chi connectivity index (χ1v) is 20.0. The van der Waals surface area contributed by atoms with Crippen LogP contribution < -0.4 is 14.4 Å². The number of anilines is 1. The van der Waals surface area contributed by atoms with Crippen LogP contribution in [0.1, 0.15) is 67.4 Å². The molecule has 2 bridgehead atoms. The maximum atomic E-state index is 14.4. The van der Waals surface area contributed by atoms with Gasteiger partial charge in [-0.3, -0.25) is 14.5 Å². The molecule has 0 saturated carbocycles. The summed E-state index contributed by atoms with van der Waals surface area (Å²) in [6.07, 6.45) is 8.75. The average molecular weight is 745 g/mol. The number of rotatable bonds is 7. The highest BCUT2D eigenvalue weighted by Crippen LogP contribution is 2.35. The Morgan fingerprint density at radius 1 is 1.02 bits per heavy atom. The molecule has 3 aliphatic rings. The van der Waals surface area contributed by atoms with Crippen LogP contribution in [-0.2, 0) is 37.3 Å². The molecule has 3 heterocycles. The second kappa shape index (κ2) is 18.1. The van der Waals surface area contributed by atoms with Gasteiger partial charge in [0.1, 0.15) is 18.4 Å². The molecule has 51 heavy (non-hydrogen) atoms. The lowest BCUT2D eigenvalue weighted by molar-refractivity contribution is -0.136. The van der Waals surface area contributed by atoms with Crippen LogP contribution in [0.5, 0.6) is 5.75 Å². The van der Waals surface area contributed by atoms with E-state index >= 15 is 0 Å². The van der Waals surface area contributed by atoms with E-state index in [2.05, 4.69) is 14.5 Å². The summed E-state index contributed by atoms with van der Waals surface area (Å²) < 4.78 is 46.5. The first-order valence-electron chi connectivity index (χ1n) is 18.1. The molecule has 3 aliphatic heterocycles. The molecule has 0 spiro atoms. The molecule has 1 saturated heterocycles. The van der Waals surface area contributed by atoms with E-state index in [1.54, 1.807) is 44.2 Å². The lowest BCUT2D eigenvalue weighted by Gasteiger charge is -2.37. The van der Waals surface area contributed by atoms with E-state index in [1.807, 2.05) is 37.3 Å². The van der Waals surface area contributed by atoms with Gasteiger partial charge in [0, 0.05) is 57.0 Å². The van der Waals surface area contributed by atoms with Crippen molar-refractivity contribution >= 4 is 39.1 Å². The number of carbonyl (C=O) groups is 2. The molecule has 0 aromatic heterocycles. The topological polar surface area (TPSA) is 118 Å². The van der Waals surface area contributed by atoms with Gasteiger partial charge in [0.25, 0.3) is 5.91 Å². The number of ether oxygens (including phenoxy) is 3. The van der Waals surface area contributed by atoms with Crippen molar-refractivity contribution in [3.8, 4) is 5.75 Å². The van der Waals surface area contributed by atoms with Gasteiger partial charge in [0.2, 0.25) is 15.9 Å². The number of nitrogens with one attached hydrogen (secondary N) is 1. The van der Waals surface area contributed by atoms with Crippen LogP contribution in [0.3, 0.4) is 0 Å². The number of aryl methyl sites for hydroxylation is 1. The molecule has 0 unspecified atom stereocenters. The molecule has 2 aromatic carbocycles. The molecule has 280 valence electrons. The van der Waals surface area contributed by atoms with Crippen LogP contribution in [0.25, 0.3) is 0 Å². The summed E-state index contributed by atoms with van der Waals surface area (Å²) in [5, 5.41) is -0.173. The third kappa shape index (κ3) is 9.84. The average Bonchev–Trinajstić information content (AvgIpc) is 3.56. The highest BCUT2D eigenvalue weighted by molar-refractivity contribution is 7.90. The quantitative estimate of drug-likeness (QED) is 0.389. The number of hydrogen-bond donors (Lipinski definition) is 1. The van der Waals surface area contributed by atoms with Crippen molar-refractivity contribution in [2.75, 3.05) is 65.1 Å². The molecular weight excluding hydrogens is 692 g/mol. The fraction of sp³-hybridized carbons (Fsp3) is 0.579. The van der Waals surface area contributed by atoms with E-state index in [9.17, 15) is 18.0 Å². The summed E-state index contributed by atoms with van der Waals surface area (Å²) in [4.78, 5) is 34.3. The van der Waals surface area contributed by atoms with Gasteiger partial charge in [-0.05, 0) is 99.4 Å². The van der Waals surface area contributed by atoms with Gasteiger partial charge >= 0.3 is 0 Å². The van der Waals surface area contributed by atoms with Crippen LogP contribution in [0.15, 0.2) is 48.6 Å². The molecular formula is C38H53ClN4O7S. The first kappa shape index (κ1) is 39.1. The molecule has 2 amide bonds. The molecule has 0 radical (unpaired) electrons. The van der Waals surface area contributed by atoms with Gasteiger partial charge in [0.05, 0.1) is 24.2 Å². The van der Waals surface area contributed by atoms with E-state index < -0.39 is 27.2 Å². The summed E-state index contributed by atoms with van der Waals surface area (Å²) in [6, 6.07) is 10.5. The SMILES string of the molecule is COCCN(CCOC)C(=O)[C@H]1/C=C/C[C@H](C)[C@@H](C)S(=O)(=O)NC(=O)c2ccc3c(c2)N(CCCCc2cc(Cl)ccc2CO3)C[C@@H]2CCCN21. The fourth-order valence-corrected chi connectivity index (χ4v) is 8.69. The van der Waals surface area contributed by atoms with E-state index in [1.165, 1.54) is 0 Å². The van der Waals surface area contributed by atoms with Crippen LogP contribution >= 0.6 is 11.6 Å². The number of benzene rings is 2. The number of nitrogens with zero attached hydrogens (tertiary/aromatic N) is 3. The maximum Gasteiger partial charge on any atom is 0.264 e. The first-order chi connectivity index (χ1) is 24.5. The predicted molar refractivity (Wildman–Crippen MR) is 200 cm³/mol. The van der Waals surface area contributed by atoms with Gasteiger partial charge < -0.3 is 24.0 Å². The number of sulfonamides is 1. The Hall–Kier alpha value is -3.16. The third-order valence-corrected chi connectivity index (χ3v) is 12.6. The highest BCUT2D eigenvalue weighted by Gasteiger charge is 2.37. The smallest absolute Gasteiger partial charge is 0.264 e. The Bertz CT molecular complexity index is 1650. The number of hydrogen-bond acceptors (Lipinski definition) is 9.